The van der Waals surface area contributed by atoms with Crippen LogP contribution >= 0.6 is 0 Å². The van der Waals surface area contributed by atoms with Crippen molar-refractivity contribution in [1.82, 2.24) is 0 Å². The second-order valence-corrected chi connectivity index (χ2v) is 7.61. The molecule has 0 bridgehead atoms. The van der Waals surface area contributed by atoms with Crippen molar-refractivity contribution in [3.8, 4) is 0 Å². The summed E-state index contributed by atoms with van der Waals surface area (Å²) in [4.78, 5) is 9.94. The first kappa shape index (κ1) is 22.1. The molecule has 23 heavy (non-hydrogen) atoms. The molecular weight excluding hydrogens is 318 g/mol. The second-order valence-electron chi connectivity index (χ2n) is 6.09. The number of nitrogens with zero attached hydrogens (tertiary/aromatic N) is 1. The molecule has 0 amide bonds. The number of ether oxygens (including phenoxy) is 1. The van der Waals surface area contributed by atoms with E-state index in [1.807, 2.05) is 0 Å². The van der Waals surface area contributed by atoms with Crippen molar-refractivity contribution in [2.45, 2.75) is 59.9 Å². The van der Waals surface area contributed by atoms with E-state index < -0.39 is 10.1 Å². The van der Waals surface area contributed by atoms with Crippen LogP contribution in [0.15, 0.2) is 11.8 Å². The van der Waals surface area contributed by atoms with Gasteiger partial charge in [0.05, 0.1) is 41.4 Å². The molecule has 0 aromatic rings. The van der Waals surface area contributed by atoms with Crippen LogP contribution in [0.5, 0.6) is 0 Å². The van der Waals surface area contributed by atoms with Crippen molar-refractivity contribution in [3.05, 3.63) is 11.8 Å². The lowest BCUT2D eigenvalue weighted by atomic mass is 10.1. The quantitative estimate of drug-likeness (QED) is 0.363. The van der Waals surface area contributed by atoms with E-state index in [4.69, 9.17) is 0 Å². The molecule has 1 aliphatic heterocycles. The molecule has 1 rings (SSSR count). The zero-order chi connectivity index (χ0) is 18.1. The Balaban J connectivity index is 0.000000664. The third-order valence-electron chi connectivity index (χ3n) is 4.35. The minimum Gasteiger partial charge on any atom is -0.748 e. The van der Waals surface area contributed by atoms with Crippen molar-refractivity contribution in [1.29, 1.82) is 0 Å². The van der Waals surface area contributed by atoms with E-state index in [2.05, 4.69) is 32.4 Å². The largest absolute Gasteiger partial charge is 0.748 e. The first-order chi connectivity index (χ1) is 10.6. The molecule has 1 unspecified atom stereocenters. The molecule has 0 saturated carbocycles. The van der Waals surface area contributed by atoms with Crippen molar-refractivity contribution in [2.24, 2.45) is 0 Å². The lowest BCUT2D eigenvalue weighted by molar-refractivity contribution is -0.948. The van der Waals surface area contributed by atoms with Crippen molar-refractivity contribution >= 4 is 16.1 Å². The summed E-state index contributed by atoms with van der Waals surface area (Å²) < 4.78 is 37.3. The van der Waals surface area contributed by atoms with Crippen LogP contribution in [0.3, 0.4) is 0 Å². The van der Waals surface area contributed by atoms with Gasteiger partial charge < -0.3 is 13.8 Å². The number of quaternary nitrogens is 1. The molecular formula is C16H31NO5S. The van der Waals surface area contributed by atoms with Gasteiger partial charge in [0.1, 0.15) is 6.26 Å². The van der Waals surface area contributed by atoms with Gasteiger partial charge in [-0.25, -0.2) is 13.2 Å². The first-order valence-corrected chi connectivity index (χ1v) is 9.86. The summed E-state index contributed by atoms with van der Waals surface area (Å²) in [7, 11) is -4.08. The Labute approximate surface area is 140 Å². The van der Waals surface area contributed by atoms with Crippen molar-refractivity contribution < 1.29 is 27.0 Å². The zero-order valence-electron chi connectivity index (χ0n) is 15.0. The minimum absolute atomic E-state index is 0.199. The number of carbonyl (C=O) groups excluding carboxylic acids is 1. The van der Waals surface area contributed by atoms with E-state index in [9.17, 15) is 17.8 Å². The molecule has 1 heterocycles. The van der Waals surface area contributed by atoms with Gasteiger partial charge in [0, 0.05) is 12.2 Å². The van der Waals surface area contributed by atoms with Gasteiger partial charge in [-0.2, -0.15) is 0 Å². The molecule has 0 radical (unpaired) electrons. The highest BCUT2D eigenvalue weighted by Crippen LogP contribution is 2.19. The summed E-state index contributed by atoms with van der Waals surface area (Å²) in [5.41, 5.74) is 0.704. The maximum absolute atomic E-state index is 10.7. The lowest BCUT2D eigenvalue weighted by Crippen LogP contribution is -2.55. The van der Waals surface area contributed by atoms with E-state index >= 15 is 0 Å². The fourth-order valence-electron chi connectivity index (χ4n) is 2.88. The van der Waals surface area contributed by atoms with Crippen LogP contribution in [0, 0.1) is 0 Å². The summed E-state index contributed by atoms with van der Waals surface area (Å²) in [6.07, 6.45) is 4.08. The first-order valence-electron chi connectivity index (χ1n) is 8.29. The molecule has 1 atom stereocenters. The third-order valence-corrected chi connectivity index (χ3v) is 5.09. The Morgan fingerprint density at radius 1 is 1.22 bits per heavy atom. The average Bonchev–Trinajstić information content (AvgIpc) is 2.50. The van der Waals surface area contributed by atoms with Gasteiger partial charge in [-0.05, 0) is 33.6 Å². The summed E-state index contributed by atoms with van der Waals surface area (Å²) in [6, 6.07) is 0.239. The molecule has 0 aromatic carbocycles. The van der Waals surface area contributed by atoms with Gasteiger partial charge >= 0.3 is 5.97 Å². The Morgan fingerprint density at radius 2 is 1.70 bits per heavy atom. The number of esters is 1. The highest BCUT2D eigenvalue weighted by molar-refractivity contribution is 7.85. The summed E-state index contributed by atoms with van der Waals surface area (Å²) in [6.45, 7) is 13.3. The Bertz CT molecular complexity index is 493. The molecule has 0 N–H and O–H groups in total. The smallest absolute Gasteiger partial charge is 0.341 e. The Morgan fingerprint density at radius 3 is 1.91 bits per heavy atom. The zero-order valence-corrected chi connectivity index (χ0v) is 15.8. The maximum Gasteiger partial charge on any atom is 0.341 e. The van der Waals surface area contributed by atoms with Crippen LogP contribution in [0.2, 0.25) is 0 Å². The number of hydrogen-bond donors (Lipinski definition) is 0. The molecule has 0 saturated heterocycles. The molecule has 0 aromatic heterocycles. The summed E-state index contributed by atoms with van der Waals surface area (Å²) >= 11 is 0. The van der Waals surface area contributed by atoms with E-state index in [-0.39, 0.29) is 17.8 Å². The van der Waals surface area contributed by atoms with Crippen LogP contribution < -0.4 is 0 Å². The highest BCUT2D eigenvalue weighted by atomic mass is 32.2. The molecule has 0 spiro atoms. The Hall–Kier alpha value is -0.920. The number of carbonyl (C=O) groups is 1. The van der Waals surface area contributed by atoms with Gasteiger partial charge in [0.25, 0.3) is 0 Å². The predicted octanol–water partition coefficient (Wildman–Crippen LogP) is 2.41. The lowest BCUT2D eigenvalue weighted by Gasteiger charge is -2.43. The predicted molar refractivity (Wildman–Crippen MR) is 89.6 cm³/mol. The molecule has 136 valence electrons. The van der Waals surface area contributed by atoms with E-state index in [1.54, 1.807) is 6.92 Å². The molecule has 7 heteroatoms. The van der Waals surface area contributed by atoms with E-state index in [0.29, 0.717) is 12.0 Å². The van der Waals surface area contributed by atoms with Gasteiger partial charge in [0.2, 0.25) is 0 Å². The van der Waals surface area contributed by atoms with Crippen molar-refractivity contribution in [3.63, 3.8) is 0 Å². The van der Waals surface area contributed by atoms with Gasteiger partial charge in [-0.1, -0.05) is 13.8 Å². The third kappa shape index (κ3) is 7.94. The number of hydrogen-bond acceptors (Lipinski definition) is 5. The normalized spacial score (nSPS) is 15.7. The van der Waals surface area contributed by atoms with E-state index in [0.717, 1.165) is 37.0 Å². The monoisotopic (exact) mass is 349 g/mol. The molecule has 0 fully saturated rings. The SMILES string of the molecule is CC1=COC1=O.CCC[N+](CC)(CCC)C(C)CCS(=O)(=O)[O-]. The maximum atomic E-state index is 10.7. The topological polar surface area (TPSA) is 83.5 Å². The Kier molecular flexibility index (Phi) is 9.65. The molecule has 1 aliphatic rings. The van der Waals surface area contributed by atoms with Crippen molar-refractivity contribution in [2.75, 3.05) is 25.4 Å². The average molecular weight is 349 g/mol. The van der Waals surface area contributed by atoms with Crippen LogP contribution in [0.1, 0.15) is 53.9 Å². The highest BCUT2D eigenvalue weighted by Gasteiger charge is 2.30. The van der Waals surface area contributed by atoms with Crippen LogP contribution in [-0.4, -0.2) is 54.9 Å². The fraction of sp³-hybridized carbons (Fsp3) is 0.812. The minimum atomic E-state index is -4.08. The van der Waals surface area contributed by atoms with E-state index in [1.165, 1.54) is 6.26 Å². The fourth-order valence-corrected chi connectivity index (χ4v) is 3.51. The molecule has 0 aliphatic carbocycles. The standard InChI is InChI=1S/C12H27NO3S.C4H4O2/c1-5-9-13(7-3,10-6-2)12(4)8-11-17(14,15)16;1-3-2-6-4(3)5/h12H,5-11H2,1-4H3;2H,1H3. The van der Waals surface area contributed by atoms with Gasteiger partial charge in [-0.15, -0.1) is 0 Å². The van der Waals surface area contributed by atoms with Crippen LogP contribution in [-0.2, 0) is 19.6 Å². The second kappa shape index (κ2) is 10.1. The number of rotatable bonds is 9. The number of cyclic esters (lactones) is 1. The van der Waals surface area contributed by atoms with Crippen LogP contribution in [0.4, 0.5) is 0 Å². The van der Waals surface area contributed by atoms with Crippen LogP contribution in [0.25, 0.3) is 0 Å². The van der Waals surface area contributed by atoms with Gasteiger partial charge in [-0.3, -0.25) is 0 Å². The molecule has 6 nitrogen and oxygen atoms in total. The van der Waals surface area contributed by atoms with Gasteiger partial charge in [0.15, 0.2) is 0 Å². The summed E-state index contributed by atoms with van der Waals surface area (Å²) in [5, 5.41) is 0. The summed E-state index contributed by atoms with van der Waals surface area (Å²) in [5.74, 6) is -0.434.